The summed E-state index contributed by atoms with van der Waals surface area (Å²) in [5.74, 6) is -1.40. The Bertz CT molecular complexity index is 490. The fraction of sp³-hybridized carbons (Fsp3) is 0.364. The molecular weight excluding hydrogens is 258 g/mol. The average molecular weight is 269 g/mol. The smallest absolute Gasteiger partial charge is 0.303 e. The number of carboxylic acids is 1. The predicted molar refractivity (Wildman–Crippen MR) is 62.1 cm³/mol. The van der Waals surface area contributed by atoms with Crippen molar-refractivity contribution in [2.45, 2.75) is 25.0 Å². The number of Topliss-reactive ketones (excluding diaryl/α,β-unsaturated/α-hetero) is 1. The van der Waals surface area contributed by atoms with Gasteiger partial charge in [-0.25, -0.2) is 0 Å². The lowest BCUT2D eigenvalue weighted by Crippen LogP contribution is -2.14. The van der Waals surface area contributed by atoms with Crippen LogP contribution in [0.5, 0.6) is 0 Å². The first-order chi connectivity index (χ1) is 8.45. The Balaban J connectivity index is 2.71. The van der Waals surface area contributed by atoms with Crippen LogP contribution in [-0.2, 0) is 4.79 Å². The van der Waals surface area contributed by atoms with Crippen molar-refractivity contribution in [3.8, 4) is 6.07 Å². The van der Waals surface area contributed by atoms with E-state index in [0.29, 0.717) is 9.75 Å². The van der Waals surface area contributed by atoms with E-state index in [4.69, 9.17) is 15.5 Å². The number of carboxylic acid groups (broad SMARTS) is 1. The molecular formula is C11H11NO5S. The maximum absolute atomic E-state index is 11.6. The zero-order valence-electron chi connectivity index (χ0n) is 9.24. The van der Waals surface area contributed by atoms with Gasteiger partial charge in [0.15, 0.2) is 11.9 Å². The van der Waals surface area contributed by atoms with E-state index in [1.807, 2.05) is 0 Å². The molecule has 1 aromatic heterocycles. The number of nitrogens with zero attached hydrogens (tertiary/aromatic N) is 1. The molecule has 0 bridgehead atoms. The molecule has 2 unspecified atom stereocenters. The summed E-state index contributed by atoms with van der Waals surface area (Å²) in [5, 5.41) is 35.6. The van der Waals surface area contributed by atoms with Crippen LogP contribution in [0.25, 0.3) is 0 Å². The van der Waals surface area contributed by atoms with Crippen LogP contribution in [-0.4, -0.2) is 33.2 Å². The molecule has 1 heterocycles. The molecule has 2 atom stereocenters. The number of nitriles is 1. The van der Waals surface area contributed by atoms with Crippen LogP contribution < -0.4 is 0 Å². The molecule has 0 spiro atoms. The molecule has 0 saturated carbocycles. The molecule has 0 aromatic carbocycles. The summed E-state index contributed by atoms with van der Waals surface area (Å²) in [5.41, 5.74) is 0. The number of ketones is 1. The SMILES string of the molecule is N#CC(O)C(O)c1ccc(C(=O)CCC(=O)O)s1. The number of carbonyl (C=O) groups is 2. The number of aliphatic hydroxyl groups excluding tert-OH is 2. The van der Waals surface area contributed by atoms with Crippen molar-refractivity contribution < 1.29 is 24.9 Å². The number of thiophene rings is 1. The Morgan fingerprint density at radius 3 is 2.56 bits per heavy atom. The van der Waals surface area contributed by atoms with E-state index < -0.39 is 18.2 Å². The number of aliphatic carboxylic acids is 1. The minimum absolute atomic E-state index is 0.119. The second-order valence-corrected chi connectivity index (χ2v) is 4.65. The van der Waals surface area contributed by atoms with Gasteiger partial charge >= 0.3 is 5.97 Å². The highest BCUT2D eigenvalue weighted by Crippen LogP contribution is 2.26. The molecule has 1 rings (SSSR count). The third-order valence-corrected chi connectivity index (χ3v) is 3.39. The molecule has 0 fully saturated rings. The summed E-state index contributed by atoms with van der Waals surface area (Å²) in [7, 11) is 0. The van der Waals surface area contributed by atoms with Crippen LogP contribution in [0.4, 0.5) is 0 Å². The minimum atomic E-state index is -1.55. The summed E-state index contributed by atoms with van der Waals surface area (Å²) >= 11 is 0.941. The quantitative estimate of drug-likeness (QED) is 0.517. The third-order valence-electron chi connectivity index (χ3n) is 2.19. The van der Waals surface area contributed by atoms with E-state index in [9.17, 15) is 14.7 Å². The first-order valence-electron chi connectivity index (χ1n) is 5.06. The molecule has 18 heavy (non-hydrogen) atoms. The molecule has 0 aliphatic heterocycles. The van der Waals surface area contributed by atoms with Gasteiger partial charge in [-0.05, 0) is 12.1 Å². The van der Waals surface area contributed by atoms with Crippen LogP contribution in [0.3, 0.4) is 0 Å². The van der Waals surface area contributed by atoms with Crippen LogP contribution in [0.15, 0.2) is 12.1 Å². The number of hydrogen-bond donors (Lipinski definition) is 3. The minimum Gasteiger partial charge on any atom is -0.481 e. The van der Waals surface area contributed by atoms with E-state index in [-0.39, 0.29) is 18.6 Å². The first-order valence-corrected chi connectivity index (χ1v) is 5.88. The van der Waals surface area contributed by atoms with Crippen molar-refractivity contribution in [3.63, 3.8) is 0 Å². The Morgan fingerprint density at radius 2 is 2.00 bits per heavy atom. The maximum Gasteiger partial charge on any atom is 0.303 e. The van der Waals surface area contributed by atoms with Gasteiger partial charge in [0, 0.05) is 11.3 Å². The largest absolute Gasteiger partial charge is 0.481 e. The molecule has 0 radical (unpaired) electrons. The zero-order valence-corrected chi connectivity index (χ0v) is 10.1. The maximum atomic E-state index is 11.6. The fourth-order valence-electron chi connectivity index (χ4n) is 1.23. The van der Waals surface area contributed by atoms with Gasteiger partial charge in [0.2, 0.25) is 0 Å². The van der Waals surface area contributed by atoms with Crippen LogP contribution in [0, 0.1) is 11.3 Å². The van der Waals surface area contributed by atoms with Gasteiger partial charge in [-0.3, -0.25) is 9.59 Å². The van der Waals surface area contributed by atoms with Gasteiger partial charge in [0.05, 0.1) is 17.4 Å². The third kappa shape index (κ3) is 3.63. The second-order valence-electron chi connectivity index (χ2n) is 3.54. The van der Waals surface area contributed by atoms with E-state index in [2.05, 4.69) is 0 Å². The van der Waals surface area contributed by atoms with E-state index in [0.717, 1.165) is 11.3 Å². The van der Waals surface area contributed by atoms with Crippen molar-refractivity contribution in [2.24, 2.45) is 0 Å². The molecule has 6 nitrogen and oxygen atoms in total. The predicted octanol–water partition coefficient (Wildman–Crippen LogP) is 0.713. The molecule has 0 saturated heterocycles. The van der Waals surface area contributed by atoms with Crippen molar-refractivity contribution in [1.82, 2.24) is 0 Å². The van der Waals surface area contributed by atoms with Crippen LogP contribution in [0.2, 0.25) is 0 Å². The van der Waals surface area contributed by atoms with Gasteiger partial charge in [-0.2, -0.15) is 5.26 Å². The first kappa shape index (κ1) is 14.3. The molecule has 1 aromatic rings. The van der Waals surface area contributed by atoms with Crippen molar-refractivity contribution >= 4 is 23.1 Å². The number of carbonyl (C=O) groups excluding carboxylic acids is 1. The van der Waals surface area contributed by atoms with E-state index in [1.54, 1.807) is 0 Å². The topological polar surface area (TPSA) is 119 Å². The highest BCUT2D eigenvalue weighted by molar-refractivity contribution is 7.14. The molecule has 96 valence electrons. The van der Waals surface area contributed by atoms with Gasteiger partial charge in [0.25, 0.3) is 0 Å². The van der Waals surface area contributed by atoms with Crippen molar-refractivity contribution in [2.75, 3.05) is 0 Å². The summed E-state index contributed by atoms with van der Waals surface area (Å²) in [6.07, 6.45) is -3.28. The Labute approximate surface area is 107 Å². The standard InChI is InChI=1S/C11H11NO5S/c12-5-7(14)11(17)9-3-2-8(18-9)6(13)1-4-10(15)16/h2-3,7,11,14,17H,1,4H2,(H,15,16). The lowest BCUT2D eigenvalue weighted by molar-refractivity contribution is -0.136. The molecule has 0 amide bonds. The highest BCUT2D eigenvalue weighted by Gasteiger charge is 2.21. The fourth-order valence-corrected chi connectivity index (χ4v) is 2.22. The van der Waals surface area contributed by atoms with Crippen molar-refractivity contribution in [1.29, 1.82) is 5.26 Å². The summed E-state index contributed by atoms with van der Waals surface area (Å²) < 4.78 is 0. The lowest BCUT2D eigenvalue weighted by atomic mass is 10.1. The second kappa shape index (κ2) is 6.26. The lowest BCUT2D eigenvalue weighted by Gasteiger charge is -2.08. The Hall–Kier alpha value is -1.75. The molecule has 3 N–H and O–H groups in total. The number of aliphatic hydroxyl groups is 2. The monoisotopic (exact) mass is 269 g/mol. The van der Waals surface area contributed by atoms with E-state index >= 15 is 0 Å². The van der Waals surface area contributed by atoms with Gasteiger partial charge < -0.3 is 15.3 Å². The molecule has 0 aliphatic carbocycles. The summed E-state index contributed by atoms with van der Waals surface area (Å²) in [4.78, 5) is 22.5. The average Bonchev–Trinajstić information content (AvgIpc) is 2.83. The summed E-state index contributed by atoms with van der Waals surface area (Å²) in [6.45, 7) is 0. The van der Waals surface area contributed by atoms with Crippen LogP contribution in [0.1, 0.15) is 33.5 Å². The van der Waals surface area contributed by atoms with Crippen molar-refractivity contribution in [3.05, 3.63) is 21.9 Å². The summed E-state index contributed by atoms with van der Waals surface area (Å²) in [6, 6.07) is 4.37. The highest BCUT2D eigenvalue weighted by atomic mass is 32.1. The van der Waals surface area contributed by atoms with Gasteiger partial charge in [0.1, 0.15) is 6.10 Å². The Kier molecular flexibility index (Phi) is 4.97. The number of rotatable bonds is 6. The normalized spacial score (nSPS) is 13.6. The molecule has 0 aliphatic rings. The van der Waals surface area contributed by atoms with Gasteiger partial charge in [-0.1, -0.05) is 0 Å². The van der Waals surface area contributed by atoms with Gasteiger partial charge in [-0.15, -0.1) is 11.3 Å². The Morgan fingerprint density at radius 1 is 1.33 bits per heavy atom. The zero-order chi connectivity index (χ0) is 13.7. The van der Waals surface area contributed by atoms with Crippen LogP contribution >= 0.6 is 11.3 Å². The number of hydrogen-bond acceptors (Lipinski definition) is 6. The molecule has 7 heteroatoms. The van der Waals surface area contributed by atoms with E-state index in [1.165, 1.54) is 18.2 Å².